The number of benzene rings is 2. The summed E-state index contributed by atoms with van der Waals surface area (Å²) < 4.78 is 30.3. The van der Waals surface area contributed by atoms with Gasteiger partial charge in [-0.15, -0.1) is 0 Å². The minimum atomic E-state index is -0.613. The summed E-state index contributed by atoms with van der Waals surface area (Å²) in [6.45, 7) is 6.47. The Morgan fingerprint density at radius 1 is 1.19 bits per heavy atom. The molecule has 1 aliphatic heterocycles. The van der Waals surface area contributed by atoms with Crippen LogP contribution in [0.3, 0.4) is 0 Å². The van der Waals surface area contributed by atoms with Gasteiger partial charge in [0, 0.05) is 49.4 Å². The number of rotatable bonds is 7. The van der Waals surface area contributed by atoms with Gasteiger partial charge in [0.25, 0.3) is 0 Å². The van der Waals surface area contributed by atoms with Crippen molar-refractivity contribution in [2.45, 2.75) is 38.9 Å². The Bertz CT molecular complexity index is 1090. The maximum atomic E-state index is 14.6. The van der Waals surface area contributed by atoms with E-state index in [0.29, 0.717) is 12.1 Å². The van der Waals surface area contributed by atoms with Crippen molar-refractivity contribution in [3.63, 3.8) is 0 Å². The number of hydrogen-bond donors (Lipinski definition) is 2. The van der Waals surface area contributed by atoms with Gasteiger partial charge >= 0.3 is 0 Å². The molecule has 2 aromatic carbocycles. The van der Waals surface area contributed by atoms with Crippen molar-refractivity contribution in [3.8, 4) is 11.3 Å². The second kappa shape index (κ2) is 9.18. The lowest BCUT2D eigenvalue weighted by molar-refractivity contribution is 0.132. The molecule has 3 N–H and O–H groups in total. The fourth-order valence-electron chi connectivity index (χ4n) is 4.33. The molecular formula is C24H28F2N6. The summed E-state index contributed by atoms with van der Waals surface area (Å²) in [4.78, 5) is 7.09. The number of aromatic nitrogens is 2. The van der Waals surface area contributed by atoms with Gasteiger partial charge in [-0.3, -0.25) is 10.3 Å². The minimum Gasteiger partial charge on any atom is -0.332 e. The highest BCUT2D eigenvalue weighted by Crippen LogP contribution is 2.30. The van der Waals surface area contributed by atoms with Gasteiger partial charge < -0.3 is 9.58 Å². The number of imidazole rings is 1. The van der Waals surface area contributed by atoms with Crippen molar-refractivity contribution in [1.29, 1.82) is 5.41 Å². The highest BCUT2D eigenvalue weighted by Gasteiger charge is 2.31. The molecule has 2 unspecified atom stereocenters. The van der Waals surface area contributed by atoms with Gasteiger partial charge in [-0.05, 0) is 25.5 Å². The first-order valence-electron chi connectivity index (χ1n) is 10.7. The van der Waals surface area contributed by atoms with Crippen LogP contribution < -0.4 is 5.84 Å². The molecule has 168 valence electrons. The summed E-state index contributed by atoms with van der Waals surface area (Å²) in [6.07, 6.45) is 3.09. The van der Waals surface area contributed by atoms with E-state index in [4.69, 9.17) is 16.2 Å². The number of fused-ring (bicyclic) bond motifs is 1. The number of hydrogen-bond acceptors (Lipinski definition) is 4. The van der Waals surface area contributed by atoms with E-state index in [1.807, 2.05) is 6.92 Å². The van der Waals surface area contributed by atoms with E-state index in [9.17, 15) is 8.78 Å². The van der Waals surface area contributed by atoms with Crippen LogP contribution >= 0.6 is 0 Å². The van der Waals surface area contributed by atoms with E-state index in [2.05, 4.69) is 46.9 Å². The molecule has 2 atom stereocenters. The van der Waals surface area contributed by atoms with Crippen LogP contribution in [-0.4, -0.2) is 44.9 Å². The molecule has 1 aliphatic rings. The van der Waals surface area contributed by atoms with E-state index >= 15 is 0 Å². The lowest BCUT2D eigenvalue weighted by Crippen LogP contribution is -2.46. The monoisotopic (exact) mass is 438 g/mol. The van der Waals surface area contributed by atoms with Gasteiger partial charge in [-0.25, -0.2) is 19.6 Å². The quantitative estimate of drug-likeness (QED) is 0.254. The third-order valence-electron chi connectivity index (χ3n) is 6.27. The third kappa shape index (κ3) is 4.56. The number of aryl methyl sites for hydroxylation is 1. The molecular weight excluding hydrogens is 410 g/mol. The van der Waals surface area contributed by atoms with E-state index in [0.717, 1.165) is 42.6 Å². The van der Waals surface area contributed by atoms with Crippen LogP contribution in [0.2, 0.25) is 0 Å². The van der Waals surface area contributed by atoms with Crippen molar-refractivity contribution in [2.75, 3.05) is 13.1 Å². The molecule has 0 bridgehead atoms. The minimum absolute atomic E-state index is 0.103. The van der Waals surface area contributed by atoms with Gasteiger partial charge in [0.05, 0.1) is 18.6 Å². The summed E-state index contributed by atoms with van der Waals surface area (Å²) in [6, 6.07) is 11.8. The molecule has 2 heterocycles. The summed E-state index contributed by atoms with van der Waals surface area (Å²) in [5.41, 5.74) is 3.61. The zero-order valence-corrected chi connectivity index (χ0v) is 18.3. The Morgan fingerprint density at radius 2 is 1.94 bits per heavy atom. The van der Waals surface area contributed by atoms with Crippen LogP contribution in [0.5, 0.6) is 0 Å². The standard InChI is InChI=1S/C24H28F2N6/c1-16-3-5-18(6-4-16)23-13-31-10-9-30(14-24(31)29-23)17(2)21(12-32(28)15-27)20-8-7-19(25)11-22(20)26/h3-8,11,13,15,17,21,27H,9-10,12,14,28H2,1-2H3. The van der Waals surface area contributed by atoms with E-state index in [1.54, 1.807) is 0 Å². The molecule has 0 saturated heterocycles. The van der Waals surface area contributed by atoms with E-state index in [1.165, 1.54) is 22.7 Å². The van der Waals surface area contributed by atoms with Crippen molar-refractivity contribution in [1.82, 2.24) is 19.5 Å². The van der Waals surface area contributed by atoms with Crippen LogP contribution in [0.1, 0.15) is 29.8 Å². The highest BCUT2D eigenvalue weighted by molar-refractivity contribution is 5.59. The predicted octanol–water partition coefficient (Wildman–Crippen LogP) is 3.91. The molecule has 4 rings (SSSR count). The zero-order valence-electron chi connectivity index (χ0n) is 18.3. The first-order chi connectivity index (χ1) is 15.4. The normalized spacial score (nSPS) is 15.8. The molecule has 0 saturated carbocycles. The lowest BCUT2D eigenvalue weighted by atomic mass is 9.90. The molecule has 0 fully saturated rings. The molecule has 0 spiro atoms. The fraction of sp³-hybridized carbons (Fsp3) is 0.333. The van der Waals surface area contributed by atoms with Crippen LogP contribution in [0.15, 0.2) is 48.7 Å². The Morgan fingerprint density at radius 3 is 2.62 bits per heavy atom. The zero-order chi connectivity index (χ0) is 22.8. The first kappa shape index (κ1) is 22.1. The summed E-state index contributed by atoms with van der Waals surface area (Å²) >= 11 is 0. The van der Waals surface area contributed by atoms with E-state index in [-0.39, 0.29) is 18.5 Å². The van der Waals surface area contributed by atoms with Crippen molar-refractivity contribution in [2.24, 2.45) is 5.84 Å². The maximum Gasteiger partial charge on any atom is 0.129 e. The third-order valence-corrected chi connectivity index (χ3v) is 6.27. The van der Waals surface area contributed by atoms with Gasteiger partial charge in [-0.1, -0.05) is 35.9 Å². The number of nitrogens with two attached hydrogens (primary N) is 1. The molecule has 0 aliphatic carbocycles. The molecule has 0 radical (unpaired) electrons. The van der Waals surface area contributed by atoms with Crippen molar-refractivity contribution >= 4 is 6.34 Å². The molecule has 1 aromatic heterocycles. The molecule has 0 amide bonds. The number of halogens is 2. The molecule has 3 aromatic rings. The molecule has 6 nitrogen and oxygen atoms in total. The summed E-state index contributed by atoms with van der Waals surface area (Å²) in [5, 5.41) is 8.65. The maximum absolute atomic E-state index is 14.6. The second-order valence-corrected chi connectivity index (χ2v) is 8.41. The highest BCUT2D eigenvalue weighted by atomic mass is 19.1. The van der Waals surface area contributed by atoms with E-state index < -0.39 is 11.6 Å². The van der Waals surface area contributed by atoms with Gasteiger partial charge in [0.15, 0.2) is 0 Å². The van der Waals surface area contributed by atoms with Crippen molar-refractivity contribution in [3.05, 3.63) is 77.2 Å². The summed E-state index contributed by atoms with van der Waals surface area (Å²) in [5.74, 6) is 5.27. The predicted molar refractivity (Wildman–Crippen MR) is 121 cm³/mol. The lowest BCUT2D eigenvalue weighted by Gasteiger charge is -2.38. The number of nitrogens with zero attached hydrogens (tertiary/aromatic N) is 4. The van der Waals surface area contributed by atoms with Crippen molar-refractivity contribution < 1.29 is 8.78 Å². The first-order valence-corrected chi connectivity index (χ1v) is 10.7. The fourth-order valence-corrected chi connectivity index (χ4v) is 4.33. The van der Waals surface area contributed by atoms with Crippen LogP contribution in [-0.2, 0) is 13.1 Å². The van der Waals surface area contributed by atoms with Gasteiger partial charge in [0.2, 0.25) is 0 Å². The Labute approximate surface area is 186 Å². The van der Waals surface area contributed by atoms with Crippen LogP contribution in [0, 0.1) is 24.0 Å². The Balaban J connectivity index is 1.58. The van der Waals surface area contributed by atoms with Gasteiger partial charge in [-0.2, -0.15) is 0 Å². The topological polar surface area (TPSA) is 74.2 Å². The molecule has 8 heteroatoms. The van der Waals surface area contributed by atoms with Crippen LogP contribution in [0.25, 0.3) is 11.3 Å². The smallest absolute Gasteiger partial charge is 0.129 e. The Hall–Kier alpha value is -3.10. The van der Waals surface area contributed by atoms with Crippen LogP contribution in [0.4, 0.5) is 8.78 Å². The average molecular weight is 439 g/mol. The van der Waals surface area contributed by atoms with Gasteiger partial charge in [0.1, 0.15) is 17.5 Å². The number of nitrogens with one attached hydrogen (secondary N) is 1. The second-order valence-electron chi connectivity index (χ2n) is 8.41. The largest absolute Gasteiger partial charge is 0.332 e. The Kier molecular flexibility index (Phi) is 6.34. The number of hydrazine groups is 1. The SMILES string of the molecule is Cc1ccc(-c2cn3c(n2)CN(C(C)C(CN(N)C=N)c2ccc(F)cc2F)CC3)cc1. The molecule has 32 heavy (non-hydrogen) atoms. The average Bonchev–Trinajstić information content (AvgIpc) is 3.21. The summed E-state index contributed by atoms with van der Waals surface area (Å²) in [7, 11) is 0.